The molecular weight excluding hydrogens is 356 g/mol. The molecule has 1 aromatic heterocycles. The Bertz CT molecular complexity index is 710. The molecule has 134 valence electrons. The van der Waals surface area contributed by atoms with E-state index >= 15 is 0 Å². The fraction of sp³-hybridized carbons (Fsp3) is 0.444. The number of benzene rings is 1. The van der Waals surface area contributed by atoms with Crippen LogP contribution in [-0.4, -0.2) is 19.7 Å². The molecule has 3 rings (SSSR count). The van der Waals surface area contributed by atoms with Gasteiger partial charge in [-0.15, -0.1) is 11.3 Å². The number of carbonyl (C=O) groups is 1. The quantitative estimate of drug-likeness (QED) is 0.709. The van der Waals surface area contributed by atoms with Gasteiger partial charge in [0.2, 0.25) is 5.91 Å². The molecular formula is C18H22N2O3S2. The predicted octanol–water partition coefficient (Wildman–Crippen LogP) is 4.17. The number of anilines is 1. The van der Waals surface area contributed by atoms with Crippen molar-refractivity contribution < 1.29 is 13.6 Å². The van der Waals surface area contributed by atoms with Gasteiger partial charge in [-0.05, 0) is 23.5 Å². The number of hydrogen-bond acceptors (Lipinski definition) is 4. The van der Waals surface area contributed by atoms with Crippen LogP contribution in [0.4, 0.5) is 5.13 Å². The van der Waals surface area contributed by atoms with E-state index in [0.717, 1.165) is 17.5 Å². The smallest absolute Gasteiger partial charge is 0.233 e. The summed E-state index contributed by atoms with van der Waals surface area (Å²) in [4.78, 5) is 17.0. The molecule has 2 aromatic rings. The molecule has 1 aromatic carbocycles. The number of thiazole rings is 1. The minimum atomic E-state index is -1.85. The lowest BCUT2D eigenvalue weighted by atomic mass is 9.87. The first kappa shape index (κ1) is 18.2. The van der Waals surface area contributed by atoms with E-state index in [1.54, 1.807) is 6.20 Å². The Kier molecular flexibility index (Phi) is 6.34. The first-order valence-electron chi connectivity index (χ1n) is 8.48. The Morgan fingerprint density at radius 1 is 1.32 bits per heavy atom. The van der Waals surface area contributed by atoms with Crippen molar-refractivity contribution in [3.05, 3.63) is 47.0 Å². The molecule has 5 nitrogen and oxygen atoms in total. The number of aromatic nitrogens is 1. The molecule has 1 aliphatic rings. The molecule has 1 heterocycles. The average molecular weight is 379 g/mol. The molecule has 2 N–H and O–H groups in total. The molecule has 2 atom stereocenters. The summed E-state index contributed by atoms with van der Waals surface area (Å²) in [5.74, 6) is 0.441. The molecule has 0 bridgehead atoms. The molecule has 0 saturated heterocycles. The largest absolute Gasteiger partial charge is 0.306 e. The van der Waals surface area contributed by atoms with Crippen LogP contribution in [0.15, 0.2) is 35.8 Å². The zero-order valence-corrected chi connectivity index (χ0v) is 15.5. The molecule has 1 saturated carbocycles. The normalized spacial score (nSPS) is 17.3. The number of rotatable bonds is 7. The summed E-state index contributed by atoms with van der Waals surface area (Å²) >= 11 is -0.443. The molecule has 1 aliphatic carbocycles. The summed E-state index contributed by atoms with van der Waals surface area (Å²) in [7, 11) is 0. The zero-order chi connectivity index (χ0) is 17.6. The third kappa shape index (κ3) is 5.20. The van der Waals surface area contributed by atoms with Gasteiger partial charge in [-0.1, -0.05) is 49.9 Å². The van der Waals surface area contributed by atoms with Gasteiger partial charge in [0.1, 0.15) is 0 Å². The van der Waals surface area contributed by atoms with Crippen molar-refractivity contribution >= 4 is 33.5 Å². The maximum absolute atomic E-state index is 12.8. The van der Waals surface area contributed by atoms with Crippen molar-refractivity contribution in [3.8, 4) is 0 Å². The van der Waals surface area contributed by atoms with E-state index in [1.165, 1.54) is 37.0 Å². The molecule has 0 spiro atoms. The van der Waals surface area contributed by atoms with Crippen molar-refractivity contribution in [3.63, 3.8) is 0 Å². The van der Waals surface area contributed by atoms with Gasteiger partial charge in [-0.2, -0.15) is 0 Å². The lowest BCUT2D eigenvalue weighted by molar-refractivity contribution is -0.118. The van der Waals surface area contributed by atoms with Crippen molar-refractivity contribution in [2.24, 2.45) is 5.92 Å². The molecule has 7 heteroatoms. The second-order valence-electron chi connectivity index (χ2n) is 6.47. The predicted molar refractivity (Wildman–Crippen MR) is 101 cm³/mol. The van der Waals surface area contributed by atoms with Crippen LogP contribution in [0.25, 0.3) is 0 Å². The van der Waals surface area contributed by atoms with Crippen LogP contribution in [0.3, 0.4) is 0 Å². The number of amides is 1. The zero-order valence-electron chi connectivity index (χ0n) is 13.9. The molecule has 1 unspecified atom stereocenters. The highest BCUT2D eigenvalue weighted by atomic mass is 32.2. The highest BCUT2D eigenvalue weighted by Gasteiger charge is 2.27. The first-order valence-corrected chi connectivity index (χ1v) is 10.6. The van der Waals surface area contributed by atoms with E-state index in [0.29, 0.717) is 11.0 Å². The Hall–Kier alpha value is -1.57. The van der Waals surface area contributed by atoms with Crippen molar-refractivity contribution in [1.82, 2.24) is 4.98 Å². The van der Waals surface area contributed by atoms with E-state index in [-0.39, 0.29) is 17.6 Å². The highest BCUT2D eigenvalue weighted by Crippen LogP contribution is 2.35. The van der Waals surface area contributed by atoms with Crippen LogP contribution in [-0.2, 0) is 21.6 Å². The third-order valence-corrected chi connectivity index (χ3v) is 5.96. The SMILES string of the molecule is O=C(Nc1nccs1)[C@H](CC1CCCC1)c1ccc(CS(=O)O)cc1. The second kappa shape index (κ2) is 8.69. The number of carbonyl (C=O) groups excluding carboxylic acids is 1. The van der Waals surface area contributed by atoms with Gasteiger partial charge in [0.05, 0.1) is 11.7 Å². The van der Waals surface area contributed by atoms with Gasteiger partial charge in [0, 0.05) is 11.6 Å². The van der Waals surface area contributed by atoms with Gasteiger partial charge in [0.25, 0.3) is 0 Å². The maximum atomic E-state index is 12.8. The molecule has 0 radical (unpaired) electrons. The lowest BCUT2D eigenvalue weighted by Gasteiger charge is -2.20. The first-order chi connectivity index (χ1) is 12.1. The van der Waals surface area contributed by atoms with Crippen molar-refractivity contribution in [2.75, 3.05) is 5.32 Å². The summed E-state index contributed by atoms with van der Waals surface area (Å²) in [6, 6.07) is 7.48. The Morgan fingerprint density at radius 2 is 2.04 bits per heavy atom. The van der Waals surface area contributed by atoms with Crippen LogP contribution in [0.1, 0.15) is 49.1 Å². The van der Waals surface area contributed by atoms with E-state index in [9.17, 15) is 9.00 Å². The Morgan fingerprint density at radius 3 is 2.64 bits per heavy atom. The van der Waals surface area contributed by atoms with Crippen LogP contribution < -0.4 is 5.32 Å². The van der Waals surface area contributed by atoms with Gasteiger partial charge in [-0.25, -0.2) is 9.19 Å². The van der Waals surface area contributed by atoms with Gasteiger partial charge in [0.15, 0.2) is 16.2 Å². The van der Waals surface area contributed by atoms with Crippen LogP contribution >= 0.6 is 11.3 Å². The van der Waals surface area contributed by atoms with Crippen LogP contribution in [0.5, 0.6) is 0 Å². The summed E-state index contributed by atoms with van der Waals surface area (Å²) in [5.41, 5.74) is 1.75. The lowest BCUT2D eigenvalue weighted by Crippen LogP contribution is -2.23. The molecule has 25 heavy (non-hydrogen) atoms. The fourth-order valence-corrected chi connectivity index (χ4v) is 4.45. The monoisotopic (exact) mass is 378 g/mol. The minimum Gasteiger partial charge on any atom is -0.306 e. The van der Waals surface area contributed by atoms with Gasteiger partial charge < -0.3 is 9.87 Å². The van der Waals surface area contributed by atoms with Crippen molar-refractivity contribution in [2.45, 2.75) is 43.8 Å². The summed E-state index contributed by atoms with van der Waals surface area (Å²) in [5, 5.41) is 5.38. The molecule has 0 aliphatic heterocycles. The number of nitrogens with one attached hydrogen (secondary N) is 1. The molecule has 1 fully saturated rings. The van der Waals surface area contributed by atoms with Gasteiger partial charge in [-0.3, -0.25) is 4.79 Å². The van der Waals surface area contributed by atoms with E-state index in [4.69, 9.17) is 4.55 Å². The standard InChI is InChI=1S/C18H22N2O3S2/c21-17(20-18-19-9-10-24-18)16(11-13-3-1-2-4-13)15-7-5-14(6-8-15)12-25(22)23/h5-10,13,16H,1-4,11-12H2,(H,22,23)(H,19,20,21)/t16-/m1/s1. The molecule has 1 amide bonds. The van der Waals surface area contributed by atoms with E-state index in [1.807, 2.05) is 29.6 Å². The Labute approximate surface area is 154 Å². The highest BCUT2D eigenvalue weighted by molar-refractivity contribution is 7.78. The fourth-order valence-electron chi connectivity index (χ4n) is 3.44. The van der Waals surface area contributed by atoms with Crippen molar-refractivity contribution in [1.29, 1.82) is 0 Å². The topological polar surface area (TPSA) is 79.3 Å². The summed E-state index contributed by atoms with van der Waals surface area (Å²) in [6.45, 7) is 0. The number of hydrogen-bond donors (Lipinski definition) is 2. The summed E-state index contributed by atoms with van der Waals surface area (Å²) in [6.07, 6.45) is 7.36. The minimum absolute atomic E-state index is 0.0275. The Balaban J connectivity index is 1.76. The van der Waals surface area contributed by atoms with Crippen LogP contribution in [0, 0.1) is 5.92 Å². The summed E-state index contributed by atoms with van der Waals surface area (Å²) < 4.78 is 20.0. The van der Waals surface area contributed by atoms with E-state index < -0.39 is 11.1 Å². The second-order valence-corrected chi connectivity index (χ2v) is 8.30. The average Bonchev–Trinajstić information content (AvgIpc) is 3.26. The third-order valence-electron chi connectivity index (χ3n) is 4.69. The van der Waals surface area contributed by atoms with Gasteiger partial charge >= 0.3 is 0 Å². The maximum Gasteiger partial charge on any atom is 0.233 e. The number of nitrogens with zero attached hydrogens (tertiary/aromatic N) is 1. The van der Waals surface area contributed by atoms with Crippen LogP contribution in [0.2, 0.25) is 0 Å². The van der Waals surface area contributed by atoms with E-state index in [2.05, 4.69) is 10.3 Å².